The van der Waals surface area contributed by atoms with E-state index < -0.39 is 0 Å². The number of rotatable bonds is 6. The van der Waals surface area contributed by atoms with Crippen molar-refractivity contribution in [1.29, 1.82) is 0 Å². The first-order valence-electron chi connectivity index (χ1n) is 9.62. The van der Waals surface area contributed by atoms with E-state index in [1.807, 2.05) is 24.3 Å². The molecular weight excluding hydrogens is 467 g/mol. The van der Waals surface area contributed by atoms with E-state index in [0.717, 1.165) is 44.2 Å². The van der Waals surface area contributed by atoms with Gasteiger partial charge >= 0.3 is 0 Å². The zero-order chi connectivity index (χ0) is 19.8. The predicted octanol–water partition coefficient (Wildman–Crippen LogP) is 1.31. The summed E-state index contributed by atoms with van der Waals surface area (Å²) in [6, 6.07) is 8.13. The minimum atomic E-state index is 0. The first-order chi connectivity index (χ1) is 12.9. The number of hydrogen-bond donors (Lipinski definition) is 2. The Hall–Kier alpha value is -1.39. The molecule has 1 fully saturated rings. The second-order valence-corrected chi connectivity index (χ2v) is 7.37. The fraction of sp³-hybridized carbons (Fsp3) is 0.600. The van der Waals surface area contributed by atoms with E-state index in [9.17, 15) is 4.79 Å². The summed E-state index contributed by atoms with van der Waals surface area (Å²) in [5, 5.41) is 6.77. The smallest absolute Gasteiger partial charge is 0.253 e. The van der Waals surface area contributed by atoms with Crippen molar-refractivity contribution in [2.75, 3.05) is 60.9 Å². The van der Waals surface area contributed by atoms with Gasteiger partial charge in [0.2, 0.25) is 0 Å². The van der Waals surface area contributed by atoms with Crippen molar-refractivity contribution in [3.05, 3.63) is 35.4 Å². The van der Waals surface area contributed by atoms with Crippen LogP contribution in [0.25, 0.3) is 0 Å². The van der Waals surface area contributed by atoms with Crippen LogP contribution in [0.1, 0.15) is 22.8 Å². The van der Waals surface area contributed by atoms with Gasteiger partial charge in [0.1, 0.15) is 0 Å². The second kappa shape index (κ2) is 12.2. The number of halogens is 1. The number of hydrogen-bond acceptors (Lipinski definition) is 4. The van der Waals surface area contributed by atoms with Gasteiger partial charge in [0.15, 0.2) is 5.96 Å². The van der Waals surface area contributed by atoms with Crippen molar-refractivity contribution in [3.8, 4) is 0 Å². The van der Waals surface area contributed by atoms with Crippen molar-refractivity contribution < 1.29 is 4.79 Å². The number of guanidine groups is 1. The first kappa shape index (κ1) is 24.6. The van der Waals surface area contributed by atoms with Crippen LogP contribution in [0.3, 0.4) is 0 Å². The van der Waals surface area contributed by atoms with Crippen LogP contribution in [0.5, 0.6) is 0 Å². The Morgan fingerprint density at radius 2 is 1.86 bits per heavy atom. The van der Waals surface area contributed by atoms with Crippen LogP contribution in [-0.2, 0) is 6.54 Å². The zero-order valence-electron chi connectivity index (χ0n) is 17.7. The summed E-state index contributed by atoms with van der Waals surface area (Å²) in [5.74, 6) is 0.842. The van der Waals surface area contributed by atoms with E-state index >= 15 is 0 Å². The van der Waals surface area contributed by atoms with Crippen molar-refractivity contribution in [3.63, 3.8) is 0 Å². The topological polar surface area (TPSA) is 63.2 Å². The highest BCUT2D eigenvalue weighted by molar-refractivity contribution is 14.0. The standard InChI is InChI=1S/C20H34N6O.HI/c1-6-21-20(23-14-18-15-25(4)11-12-26(18)5)22-13-16-7-9-17(10-8-16)19(27)24(2)3;/h7-10,18H,6,11-15H2,1-5H3,(H2,21,22,23);1H. The molecule has 0 spiro atoms. The Bertz CT molecular complexity index is 634. The van der Waals surface area contributed by atoms with Crippen LogP contribution in [0, 0.1) is 0 Å². The molecule has 158 valence electrons. The minimum Gasteiger partial charge on any atom is -0.357 e. The lowest BCUT2D eigenvalue weighted by molar-refractivity contribution is 0.0827. The lowest BCUT2D eigenvalue weighted by Crippen LogP contribution is -2.55. The fourth-order valence-electron chi connectivity index (χ4n) is 3.06. The average molecular weight is 502 g/mol. The molecular formula is C20H35IN6O. The number of aliphatic imine (C=N–C) groups is 1. The molecule has 1 aromatic carbocycles. The van der Waals surface area contributed by atoms with Crippen LogP contribution in [0.4, 0.5) is 0 Å². The molecule has 1 heterocycles. The van der Waals surface area contributed by atoms with Gasteiger partial charge in [-0.1, -0.05) is 12.1 Å². The van der Waals surface area contributed by atoms with Crippen molar-refractivity contribution in [1.82, 2.24) is 25.3 Å². The largest absolute Gasteiger partial charge is 0.357 e. The van der Waals surface area contributed by atoms with E-state index in [0.29, 0.717) is 18.2 Å². The van der Waals surface area contributed by atoms with E-state index in [1.165, 1.54) is 0 Å². The van der Waals surface area contributed by atoms with Crippen LogP contribution in [0.2, 0.25) is 0 Å². The summed E-state index contributed by atoms with van der Waals surface area (Å²) in [4.78, 5) is 23.0. The average Bonchev–Trinajstić information content (AvgIpc) is 2.66. The first-order valence-corrected chi connectivity index (χ1v) is 9.62. The Kier molecular flexibility index (Phi) is 10.8. The van der Waals surface area contributed by atoms with Gasteiger partial charge in [-0.25, -0.2) is 4.99 Å². The summed E-state index contributed by atoms with van der Waals surface area (Å²) in [7, 11) is 7.87. The van der Waals surface area contributed by atoms with E-state index in [-0.39, 0.29) is 29.9 Å². The summed E-state index contributed by atoms with van der Waals surface area (Å²) < 4.78 is 0. The van der Waals surface area contributed by atoms with Gasteiger partial charge in [-0.3, -0.25) is 9.69 Å². The van der Waals surface area contributed by atoms with Gasteiger partial charge in [0.05, 0.1) is 6.54 Å². The van der Waals surface area contributed by atoms with E-state index in [2.05, 4.69) is 46.4 Å². The number of likely N-dealkylation sites (N-methyl/N-ethyl adjacent to an activating group) is 2. The number of carbonyl (C=O) groups is 1. The Morgan fingerprint density at radius 3 is 2.46 bits per heavy atom. The fourth-order valence-corrected chi connectivity index (χ4v) is 3.06. The predicted molar refractivity (Wildman–Crippen MR) is 127 cm³/mol. The van der Waals surface area contributed by atoms with Gasteiger partial charge < -0.3 is 20.4 Å². The maximum Gasteiger partial charge on any atom is 0.253 e. The molecule has 1 aromatic rings. The molecule has 1 atom stereocenters. The summed E-state index contributed by atoms with van der Waals surface area (Å²) in [6.07, 6.45) is 0. The number of nitrogens with zero attached hydrogens (tertiary/aromatic N) is 4. The van der Waals surface area contributed by atoms with Gasteiger partial charge in [-0.2, -0.15) is 0 Å². The normalized spacial score (nSPS) is 18.3. The third-order valence-corrected chi connectivity index (χ3v) is 4.86. The molecule has 8 heteroatoms. The summed E-state index contributed by atoms with van der Waals surface area (Å²) in [6.45, 7) is 7.60. The molecule has 1 amide bonds. The molecule has 0 saturated carbocycles. The Labute approximate surface area is 186 Å². The van der Waals surface area contributed by atoms with E-state index in [1.54, 1.807) is 19.0 Å². The summed E-state index contributed by atoms with van der Waals surface area (Å²) >= 11 is 0. The molecule has 1 aliphatic heterocycles. The molecule has 0 aliphatic carbocycles. The molecule has 2 rings (SSSR count). The van der Waals surface area contributed by atoms with Gasteiger partial charge in [0.25, 0.3) is 5.91 Å². The molecule has 1 saturated heterocycles. The quantitative estimate of drug-likeness (QED) is 0.349. The van der Waals surface area contributed by atoms with Crippen LogP contribution >= 0.6 is 24.0 Å². The molecule has 0 aromatic heterocycles. The maximum atomic E-state index is 12.0. The number of nitrogens with one attached hydrogen (secondary N) is 2. The third kappa shape index (κ3) is 7.56. The van der Waals surface area contributed by atoms with E-state index in [4.69, 9.17) is 0 Å². The van der Waals surface area contributed by atoms with Crippen LogP contribution in [0.15, 0.2) is 29.3 Å². The number of piperazine rings is 1. The highest BCUT2D eigenvalue weighted by atomic mass is 127. The monoisotopic (exact) mass is 502 g/mol. The molecule has 0 radical (unpaired) electrons. The zero-order valence-corrected chi connectivity index (χ0v) is 20.1. The molecule has 28 heavy (non-hydrogen) atoms. The number of amides is 1. The van der Waals surface area contributed by atoms with Gasteiger partial charge in [0, 0.05) is 58.4 Å². The van der Waals surface area contributed by atoms with Crippen LogP contribution in [-0.4, -0.2) is 93.5 Å². The van der Waals surface area contributed by atoms with Crippen molar-refractivity contribution in [2.45, 2.75) is 19.5 Å². The highest BCUT2D eigenvalue weighted by Gasteiger charge is 2.22. The number of benzene rings is 1. The molecule has 2 N–H and O–H groups in total. The maximum absolute atomic E-state index is 12.0. The van der Waals surface area contributed by atoms with Crippen molar-refractivity contribution >= 4 is 35.8 Å². The lowest BCUT2D eigenvalue weighted by Gasteiger charge is -2.37. The molecule has 1 aliphatic rings. The Balaban J connectivity index is 0.00000392. The highest BCUT2D eigenvalue weighted by Crippen LogP contribution is 2.08. The van der Waals surface area contributed by atoms with Crippen LogP contribution < -0.4 is 10.6 Å². The van der Waals surface area contributed by atoms with Gasteiger partial charge in [-0.05, 0) is 38.7 Å². The molecule has 0 bridgehead atoms. The second-order valence-electron chi connectivity index (χ2n) is 7.37. The SMILES string of the molecule is CCNC(=NCc1ccc(C(=O)N(C)C)cc1)NCC1CN(C)CCN1C.I. The third-order valence-electron chi connectivity index (χ3n) is 4.86. The minimum absolute atomic E-state index is 0. The number of carbonyl (C=O) groups excluding carboxylic acids is 1. The summed E-state index contributed by atoms with van der Waals surface area (Å²) in [5.41, 5.74) is 1.78. The molecule has 7 nitrogen and oxygen atoms in total. The molecule has 1 unspecified atom stereocenters. The van der Waals surface area contributed by atoms with Crippen molar-refractivity contribution in [2.24, 2.45) is 4.99 Å². The van der Waals surface area contributed by atoms with Gasteiger partial charge in [-0.15, -0.1) is 24.0 Å². The Morgan fingerprint density at radius 1 is 1.18 bits per heavy atom. The lowest BCUT2D eigenvalue weighted by atomic mass is 10.1.